The molecule has 140 valence electrons. The molecule has 1 fully saturated rings. The van der Waals surface area contributed by atoms with Crippen molar-refractivity contribution >= 4 is 18.4 Å². The third-order valence-electron chi connectivity index (χ3n) is 4.86. The molecule has 26 heavy (non-hydrogen) atoms. The average molecular weight is 374 g/mol. The number of benzene rings is 1. The summed E-state index contributed by atoms with van der Waals surface area (Å²) in [5, 5.41) is 11.5. The van der Waals surface area contributed by atoms with Gasteiger partial charge >= 0.3 is 0 Å². The van der Waals surface area contributed by atoms with Crippen molar-refractivity contribution in [2.45, 2.75) is 44.1 Å². The summed E-state index contributed by atoms with van der Waals surface area (Å²) in [5.74, 6) is -1.27. The van der Waals surface area contributed by atoms with Gasteiger partial charge in [-0.3, -0.25) is 9.55 Å². The number of hydrogen-bond acceptors (Lipinski definition) is 5. The minimum atomic E-state index is -3.53. The van der Waals surface area contributed by atoms with Gasteiger partial charge in [-0.1, -0.05) is 25.3 Å². The van der Waals surface area contributed by atoms with Gasteiger partial charge in [0.25, 0.3) is 7.37 Å². The van der Waals surface area contributed by atoms with E-state index in [1.165, 1.54) is 6.42 Å². The third kappa shape index (κ3) is 4.17. The summed E-state index contributed by atoms with van der Waals surface area (Å²) in [4.78, 5) is 6.18. The van der Waals surface area contributed by atoms with Crippen LogP contribution in [0.1, 0.15) is 43.6 Å². The normalized spacial score (nSPS) is 18.9. The van der Waals surface area contributed by atoms with Crippen molar-refractivity contribution in [3.05, 3.63) is 54.4 Å². The van der Waals surface area contributed by atoms with Crippen LogP contribution in [-0.4, -0.2) is 30.3 Å². The fourth-order valence-electron chi connectivity index (χ4n) is 3.31. The fourth-order valence-corrected chi connectivity index (χ4v) is 5.55. The molecular weight excluding hydrogens is 347 g/mol. The largest absolute Gasteiger partial charge is 0.378 e. The van der Waals surface area contributed by atoms with Crippen LogP contribution in [0.25, 0.3) is 0 Å². The molecule has 0 radical (unpaired) electrons. The Morgan fingerprint density at radius 3 is 2.38 bits per heavy atom. The highest BCUT2D eigenvalue weighted by atomic mass is 31.2. The average Bonchev–Trinajstić information content (AvgIpc) is 2.69. The van der Waals surface area contributed by atoms with E-state index in [9.17, 15) is 9.67 Å². The lowest BCUT2D eigenvalue weighted by molar-refractivity contribution is 0.136. The second-order valence-electron chi connectivity index (χ2n) is 7.00. The van der Waals surface area contributed by atoms with E-state index in [0.717, 1.165) is 31.4 Å². The molecule has 1 aliphatic rings. The molecule has 2 atom stereocenters. The third-order valence-corrected chi connectivity index (χ3v) is 7.40. The van der Waals surface area contributed by atoms with Crippen LogP contribution < -0.4 is 10.2 Å². The van der Waals surface area contributed by atoms with E-state index in [1.54, 1.807) is 36.5 Å². The number of anilines is 1. The Labute approximate surface area is 155 Å². The van der Waals surface area contributed by atoms with Crippen LogP contribution in [0, 0.1) is 0 Å². The predicted molar refractivity (Wildman–Crippen MR) is 105 cm³/mol. The Morgan fingerprint density at radius 2 is 1.81 bits per heavy atom. The van der Waals surface area contributed by atoms with Crippen molar-refractivity contribution in [1.82, 2.24) is 4.98 Å². The first-order valence-electron chi connectivity index (χ1n) is 9.16. The lowest BCUT2D eigenvalue weighted by Crippen LogP contribution is -2.23. The van der Waals surface area contributed by atoms with E-state index in [1.807, 2.05) is 31.1 Å². The second kappa shape index (κ2) is 8.34. The van der Waals surface area contributed by atoms with Gasteiger partial charge in [-0.25, -0.2) is 0 Å². The maximum Gasteiger partial charge on any atom is 0.266 e. The van der Waals surface area contributed by atoms with Crippen molar-refractivity contribution in [2.75, 3.05) is 19.0 Å². The molecular formula is C20H27N2O3P. The highest BCUT2D eigenvalue weighted by Gasteiger charge is 2.39. The Hall–Kier alpha value is -1.68. The summed E-state index contributed by atoms with van der Waals surface area (Å²) >= 11 is 0. The van der Waals surface area contributed by atoms with Gasteiger partial charge in [0.2, 0.25) is 0 Å². The molecule has 0 amide bonds. The van der Waals surface area contributed by atoms with Crippen LogP contribution in [0.3, 0.4) is 0 Å². The molecule has 0 bridgehead atoms. The Bertz CT molecular complexity index is 743. The van der Waals surface area contributed by atoms with Gasteiger partial charge in [-0.2, -0.15) is 0 Å². The molecule has 1 N–H and O–H groups in total. The summed E-state index contributed by atoms with van der Waals surface area (Å²) in [7, 11) is 0.380. The van der Waals surface area contributed by atoms with E-state index in [2.05, 4.69) is 4.98 Å². The lowest BCUT2D eigenvalue weighted by atomic mass is 9.98. The van der Waals surface area contributed by atoms with Crippen LogP contribution in [-0.2, 0) is 9.09 Å². The SMILES string of the molecule is CN(C)c1ccc([P@](=O)(OC2CCCCC2)[C@@H](O)c2ccccn2)cc1. The molecule has 5 nitrogen and oxygen atoms in total. The smallest absolute Gasteiger partial charge is 0.266 e. The lowest BCUT2D eigenvalue weighted by Gasteiger charge is -2.30. The van der Waals surface area contributed by atoms with Gasteiger partial charge in [-0.05, 0) is 49.2 Å². The molecule has 1 aromatic carbocycles. The van der Waals surface area contributed by atoms with Crippen molar-refractivity contribution < 1.29 is 14.2 Å². The first-order valence-corrected chi connectivity index (χ1v) is 10.8. The fraction of sp³-hybridized carbons (Fsp3) is 0.450. The number of nitrogens with zero attached hydrogens (tertiary/aromatic N) is 2. The number of aliphatic hydroxyl groups excluding tert-OH is 1. The second-order valence-corrected chi connectivity index (χ2v) is 9.41. The minimum absolute atomic E-state index is 0.0820. The van der Waals surface area contributed by atoms with Crippen molar-refractivity contribution in [2.24, 2.45) is 0 Å². The molecule has 1 aliphatic carbocycles. The standard InChI is InChI=1S/C20H27N2O3P/c1-22(2)16-11-13-18(14-12-16)26(24,25-17-8-4-3-5-9-17)20(23)19-10-6-7-15-21-19/h6-7,10-15,17,20,23H,3-5,8-9H2,1-2H3/t20-,26+/m1/s1. The molecule has 6 heteroatoms. The quantitative estimate of drug-likeness (QED) is 0.772. The van der Waals surface area contributed by atoms with Crippen molar-refractivity contribution in [3.63, 3.8) is 0 Å². The summed E-state index contributed by atoms with van der Waals surface area (Å²) in [5.41, 5.74) is 1.38. The predicted octanol–water partition coefficient (Wildman–Crippen LogP) is 4.09. The van der Waals surface area contributed by atoms with Crippen molar-refractivity contribution in [3.8, 4) is 0 Å². The summed E-state index contributed by atoms with van der Waals surface area (Å²) in [6, 6.07) is 12.6. The molecule has 3 rings (SSSR count). The maximum atomic E-state index is 13.9. The zero-order chi connectivity index (χ0) is 18.6. The molecule has 0 aliphatic heterocycles. The van der Waals surface area contributed by atoms with Gasteiger partial charge in [-0.15, -0.1) is 0 Å². The van der Waals surface area contributed by atoms with Crippen LogP contribution in [0.15, 0.2) is 48.7 Å². The molecule has 1 aromatic heterocycles. The number of aliphatic hydroxyl groups is 1. The van der Waals surface area contributed by atoms with Crippen LogP contribution in [0.5, 0.6) is 0 Å². The molecule has 1 heterocycles. The molecule has 1 saturated carbocycles. The van der Waals surface area contributed by atoms with E-state index >= 15 is 0 Å². The Balaban J connectivity index is 1.96. The number of hydrogen-bond donors (Lipinski definition) is 1. The highest BCUT2D eigenvalue weighted by Crippen LogP contribution is 2.59. The molecule has 0 spiro atoms. The van der Waals surface area contributed by atoms with E-state index in [0.29, 0.717) is 11.0 Å². The van der Waals surface area contributed by atoms with Crippen LogP contribution >= 0.6 is 7.37 Å². The van der Waals surface area contributed by atoms with E-state index in [-0.39, 0.29) is 6.10 Å². The van der Waals surface area contributed by atoms with Crippen LogP contribution in [0.4, 0.5) is 5.69 Å². The number of pyridine rings is 1. The molecule has 2 aromatic rings. The number of aromatic nitrogens is 1. The van der Waals surface area contributed by atoms with Gasteiger partial charge < -0.3 is 14.5 Å². The van der Waals surface area contributed by atoms with Crippen LogP contribution in [0.2, 0.25) is 0 Å². The Kier molecular flexibility index (Phi) is 6.13. The first-order chi connectivity index (χ1) is 12.5. The van der Waals surface area contributed by atoms with Crippen molar-refractivity contribution in [1.29, 1.82) is 0 Å². The van der Waals surface area contributed by atoms with Gasteiger partial charge in [0.1, 0.15) is 0 Å². The van der Waals surface area contributed by atoms with E-state index < -0.39 is 13.2 Å². The maximum absolute atomic E-state index is 13.9. The summed E-state index contributed by atoms with van der Waals surface area (Å²) < 4.78 is 20.1. The highest BCUT2D eigenvalue weighted by molar-refractivity contribution is 7.67. The van der Waals surface area contributed by atoms with Gasteiger partial charge in [0.05, 0.1) is 11.8 Å². The molecule has 0 saturated heterocycles. The summed E-state index contributed by atoms with van der Waals surface area (Å²) in [6.45, 7) is 0. The van der Waals surface area contributed by atoms with Gasteiger partial charge in [0.15, 0.2) is 5.85 Å². The zero-order valence-electron chi connectivity index (χ0n) is 15.4. The van der Waals surface area contributed by atoms with E-state index in [4.69, 9.17) is 4.52 Å². The molecule has 0 unspecified atom stereocenters. The monoisotopic (exact) mass is 374 g/mol. The van der Waals surface area contributed by atoms with Gasteiger partial charge in [0, 0.05) is 31.3 Å². The number of rotatable bonds is 6. The topological polar surface area (TPSA) is 62.7 Å². The first kappa shape index (κ1) is 19.1. The Morgan fingerprint density at radius 1 is 1.12 bits per heavy atom. The zero-order valence-corrected chi connectivity index (χ0v) is 16.3. The summed E-state index contributed by atoms with van der Waals surface area (Å²) in [6.07, 6.45) is 6.61. The minimum Gasteiger partial charge on any atom is -0.378 e.